The van der Waals surface area contributed by atoms with Gasteiger partial charge in [0, 0.05) is 14.7 Å². The van der Waals surface area contributed by atoms with E-state index in [0.29, 0.717) is 0 Å². The van der Waals surface area contributed by atoms with Gasteiger partial charge in [-0.3, -0.25) is 4.79 Å². The number of carbonyl (C=O) groups excluding carboxylic acids is 2. The molecule has 0 bridgehead atoms. The van der Waals surface area contributed by atoms with Crippen LogP contribution in [0.1, 0.15) is 17.4 Å². The van der Waals surface area contributed by atoms with Crippen LogP contribution in [-0.2, 0) is 10.3 Å². The van der Waals surface area contributed by atoms with Crippen LogP contribution in [0.2, 0.25) is 0 Å². The van der Waals surface area contributed by atoms with Crippen molar-refractivity contribution in [3.8, 4) is 0 Å². The minimum absolute atomic E-state index is 0.393. The first kappa shape index (κ1) is 14.9. The number of thiophene rings is 1. The molecule has 2 aromatic rings. The van der Waals surface area contributed by atoms with Gasteiger partial charge in [-0.15, -0.1) is 16.3 Å². The SMILES string of the molecule is C[C@@]1(c2ccccc2)NC(=O)N(/N=C\c2cc(Br)cs2)C1=O. The van der Waals surface area contributed by atoms with Gasteiger partial charge in [-0.2, -0.15) is 5.10 Å². The first-order chi connectivity index (χ1) is 10.5. The quantitative estimate of drug-likeness (QED) is 0.658. The lowest BCUT2D eigenvalue weighted by Gasteiger charge is -2.20. The summed E-state index contributed by atoms with van der Waals surface area (Å²) in [7, 11) is 0. The normalized spacial score (nSPS) is 21.6. The van der Waals surface area contributed by atoms with Gasteiger partial charge in [0.2, 0.25) is 0 Å². The van der Waals surface area contributed by atoms with Gasteiger partial charge in [-0.25, -0.2) is 4.79 Å². The zero-order valence-electron chi connectivity index (χ0n) is 11.6. The molecule has 1 aromatic heterocycles. The Balaban J connectivity index is 1.87. The minimum Gasteiger partial charge on any atom is -0.318 e. The van der Waals surface area contributed by atoms with Crippen LogP contribution in [-0.4, -0.2) is 23.2 Å². The molecule has 2 heterocycles. The molecule has 3 rings (SSSR count). The van der Waals surface area contributed by atoms with E-state index in [1.165, 1.54) is 17.6 Å². The fourth-order valence-corrected chi connectivity index (χ4v) is 3.51. The second-order valence-electron chi connectivity index (χ2n) is 4.95. The van der Waals surface area contributed by atoms with Crippen LogP contribution in [0.5, 0.6) is 0 Å². The molecular weight excluding hydrogens is 366 g/mol. The van der Waals surface area contributed by atoms with Crippen LogP contribution in [0, 0.1) is 0 Å². The molecule has 0 aliphatic carbocycles. The van der Waals surface area contributed by atoms with Gasteiger partial charge in [-0.05, 0) is 34.5 Å². The number of halogens is 1. The maximum Gasteiger partial charge on any atom is 0.346 e. The van der Waals surface area contributed by atoms with E-state index in [0.717, 1.165) is 19.9 Å². The van der Waals surface area contributed by atoms with Gasteiger partial charge in [0.05, 0.1) is 6.21 Å². The molecule has 1 aromatic carbocycles. The van der Waals surface area contributed by atoms with Crippen molar-refractivity contribution in [3.63, 3.8) is 0 Å². The van der Waals surface area contributed by atoms with Gasteiger partial charge < -0.3 is 5.32 Å². The average molecular weight is 378 g/mol. The third kappa shape index (κ3) is 2.57. The summed E-state index contributed by atoms with van der Waals surface area (Å²) in [6.07, 6.45) is 1.50. The number of amides is 3. The number of nitrogens with one attached hydrogen (secondary N) is 1. The lowest BCUT2D eigenvalue weighted by Crippen LogP contribution is -2.40. The standard InChI is InChI=1S/C15H12BrN3O2S/c1-15(10-5-3-2-4-6-10)13(20)19(14(21)18-15)17-8-12-7-11(16)9-22-12/h2-9H,1H3,(H,18,21)/b17-8-/t15-/m0/s1. The average Bonchev–Trinajstić information content (AvgIpc) is 3.02. The third-order valence-electron chi connectivity index (χ3n) is 3.41. The van der Waals surface area contributed by atoms with Gasteiger partial charge >= 0.3 is 6.03 Å². The Bertz CT molecular complexity index is 759. The van der Waals surface area contributed by atoms with Crippen LogP contribution in [0.15, 0.2) is 51.4 Å². The van der Waals surface area contributed by atoms with Crippen molar-refractivity contribution in [2.45, 2.75) is 12.5 Å². The third-order valence-corrected chi connectivity index (χ3v) is 5.04. The van der Waals surface area contributed by atoms with E-state index in [2.05, 4.69) is 26.3 Å². The highest BCUT2D eigenvalue weighted by Gasteiger charge is 2.49. The van der Waals surface area contributed by atoms with Crippen molar-refractivity contribution in [3.05, 3.63) is 56.7 Å². The largest absolute Gasteiger partial charge is 0.346 e. The molecule has 22 heavy (non-hydrogen) atoms. The lowest BCUT2D eigenvalue weighted by molar-refractivity contribution is -0.131. The molecule has 1 atom stereocenters. The molecule has 1 saturated heterocycles. The summed E-state index contributed by atoms with van der Waals surface area (Å²) in [6, 6.07) is 10.5. The molecule has 7 heteroatoms. The second-order valence-corrected chi connectivity index (χ2v) is 6.81. The van der Waals surface area contributed by atoms with E-state index in [1.54, 1.807) is 6.92 Å². The predicted molar refractivity (Wildman–Crippen MR) is 88.8 cm³/mol. The highest BCUT2D eigenvalue weighted by molar-refractivity contribution is 9.10. The number of benzene rings is 1. The maximum atomic E-state index is 12.6. The van der Waals surface area contributed by atoms with Crippen molar-refractivity contribution in [1.29, 1.82) is 0 Å². The van der Waals surface area contributed by atoms with E-state index in [4.69, 9.17) is 0 Å². The summed E-state index contributed by atoms with van der Waals surface area (Å²) in [5, 5.41) is 9.51. The summed E-state index contributed by atoms with van der Waals surface area (Å²) >= 11 is 4.81. The predicted octanol–water partition coefficient (Wildman–Crippen LogP) is 3.31. The number of hydrazone groups is 1. The number of rotatable bonds is 3. The smallest absolute Gasteiger partial charge is 0.318 e. The summed E-state index contributed by atoms with van der Waals surface area (Å²) < 4.78 is 0.935. The summed E-state index contributed by atoms with van der Waals surface area (Å²) in [5.41, 5.74) is -0.365. The van der Waals surface area contributed by atoms with Crippen LogP contribution >= 0.6 is 27.3 Å². The Morgan fingerprint density at radius 1 is 1.32 bits per heavy atom. The highest BCUT2D eigenvalue weighted by atomic mass is 79.9. The molecule has 112 valence electrons. The molecular formula is C15H12BrN3O2S. The van der Waals surface area contributed by atoms with Crippen molar-refractivity contribution in [1.82, 2.24) is 10.3 Å². The Kier molecular flexibility index (Phi) is 3.84. The van der Waals surface area contributed by atoms with Crippen LogP contribution < -0.4 is 5.32 Å². The van der Waals surface area contributed by atoms with Crippen LogP contribution in [0.4, 0.5) is 4.79 Å². The van der Waals surface area contributed by atoms with Gasteiger partial charge in [0.25, 0.3) is 5.91 Å². The van der Waals surface area contributed by atoms with Crippen molar-refractivity contribution < 1.29 is 9.59 Å². The van der Waals surface area contributed by atoms with E-state index in [9.17, 15) is 9.59 Å². The molecule has 0 unspecified atom stereocenters. The fraction of sp³-hybridized carbons (Fsp3) is 0.133. The van der Waals surface area contributed by atoms with Crippen LogP contribution in [0.25, 0.3) is 0 Å². The lowest BCUT2D eigenvalue weighted by atomic mass is 9.92. The number of carbonyl (C=O) groups is 2. The van der Waals surface area contributed by atoms with E-state index in [1.807, 2.05) is 41.8 Å². The van der Waals surface area contributed by atoms with Crippen molar-refractivity contribution >= 4 is 45.4 Å². The number of urea groups is 1. The van der Waals surface area contributed by atoms with Crippen LogP contribution in [0.3, 0.4) is 0 Å². The zero-order chi connectivity index (χ0) is 15.7. The first-order valence-electron chi connectivity index (χ1n) is 6.51. The molecule has 5 nitrogen and oxygen atoms in total. The van der Waals surface area contributed by atoms with E-state index in [-0.39, 0.29) is 0 Å². The summed E-state index contributed by atoms with van der Waals surface area (Å²) in [4.78, 5) is 25.5. The summed E-state index contributed by atoms with van der Waals surface area (Å²) in [6.45, 7) is 1.68. The molecule has 0 radical (unpaired) electrons. The molecule has 0 saturated carbocycles. The molecule has 0 spiro atoms. The minimum atomic E-state index is -1.09. The zero-order valence-corrected chi connectivity index (χ0v) is 14.0. The van der Waals surface area contributed by atoms with Gasteiger partial charge in [0.1, 0.15) is 5.54 Å². The fourth-order valence-electron chi connectivity index (χ4n) is 2.21. The molecule has 1 fully saturated rings. The van der Waals surface area contributed by atoms with Crippen molar-refractivity contribution in [2.75, 3.05) is 0 Å². The number of hydrogen-bond acceptors (Lipinski definition) is 4. The molecule has 1 aliphatic rings. The number of hydrogen-bond donors (Lipinski definition) is 1. The highest BCUT2D eigenvalue weighted by Crippen LogP contribution is 2.28. The summed E-state index contributed by atoms with van der Waals surface area (Å²) in [5.74, 6) is -0.393. The molecule has 1 aliphatic heterocycles. The Hall–Kier alpha value is -1.99. The monoisotopic (exact) mass is 377 g/mol. The maximum absolute atomic E-state index is 12.6. The Morgan fingerprint density at radius 2 is 2.05 bits per heavy atom. The van der Waals surface area contributed by atoms with E-state index >= 15 is 0 Å². The number of imide groups is 1. The molecule has 1 N–H and O–H groups in total. The first-order valence-corrected chi connectivity index (χ1v) is 8.18. The Labute approximate surface area is 139 Å². The second kappa shape index (κ2) is 5.66. The molecule has 3 amide bonds. The van der Waals surface area contributed by atoms with Gasteiger partial charge in [-0.1, -0.05) is 30.3 Å². The number of nitrogens with zero attached hydrogens (tertiary/aromatic N) is 2. The van der Waals surface area contributed by atoms with Crippen molar-refractivity contribution in [2.24, 2.45) is 5.10 Å². The van der Waals surface area contributed by atoms with E-state index < -0.39 is 17.5 Å². The van der Waals surface area contributed by atoms with Gasteiger partial charge in [0.15, 0.2) is 0 Å². The Morgan fingerprint density at radius 3 is 2.68 bits per heavy atom. The topological polar surface area (TPSA) is 61.8 Å².